The van der Waals surface area contributed by atoms with Gasteiger partial charge in [-0.15, -0.1) is 12.3 Å². The predicted molar refractivity (Wildman–Crippen MR) is 67.5 cm³/mol. The second-order valence-electron chi connectivity index (χ2n) is 4.47. The Balaban J connectivity index is 2.67. The van der Waals surface area contributed by atoms with Crippen LogP contribution in [0.1, 0.15) is 46.0 Å². The number of hydrogen-bond acceptors (Lipinski definition) is 1. The maximum absolute atomic E-state index is 3.97. The van der Waals surface area contributed by atoms with Crippen LogP contribution in [0.15, 0.2) is 12.3 Å². The zero-order valence-electron chi connectivity index (χ0n) is 9.89. The van der Waals surface area contributed by atoms with E-state index in [9.17, 15) is 0 Å². The van der Waals surface area contributed by atoms with Gasteiger partial charge in [-0.3, -0.25) is 0 Å². The number of piperidine rings is 1. The number of hydrogen-bond donors (Lipinski definition) is 0. The third-order valence-corrected chi connectivity index (χ3v) is 6.36. The first-order valence-corrected chi connectivity index (χ1v) is 7.67. The highest BCUT2D eigenvalue weighted by Gasteiger charge is 2.32. The second-order valence-corrected chi connectivity index (χ2v) is 6.77. The fraction of sp³-hybridized carbons (Fsp3) is 0.833. The summed E-state index contributed by atoms with van der Waals surface area (Å²) in [6.07, 6.45) is 6.90. The molecule has 0 amide bonds. The molecule has 14 heavy (non-hydrogen) atoms. The van der Waals surface area contributed by atoms with E-state index in [1.165, 1.54) is 45.2 Å². The minimum absolute atomic E-state index is 0.126. The molecule has 0 saturated carbocycles. The molecular formula is C12H25NSi. The molecule has 0 bridgehead atoms. The molecule has 2 heteroatoms. The van der Waals surface area contributed by atoms with Gasteiger partial charge in [0.05, 0.1) is 9.52 Å². The summed E-state index contributed by atoms with van der Waals surface area (Å²) in [5, 5.41) is 0.558. The maximum atomic E-state index is 3.97. The van der Waals surface area contributed by atoms with Crippen LogP contribution in [0.5, 0.6) is 0 Å². The Labute approximate surface area is 91.4 Å². The summed E-state index contributed by atoms with van der Waals surface area (Å²) in [6, 6.07) is 0. The third-order valence-electron chi connectivity index (χ3n) is 3.87. The molecular weight excluding hydrogens is 186 g/mol. The zero-order valence-corrected chi connectivity index (χ0v) is 11.3. The number of nitrogens with zero attached hydrogens (tertiary/aromatic N) is 1. The molecule has 1 aliphatic heterocycles. The molecule has 0 unspecified atom stereocenters. The Kier molecular flexibility index (Phi) is 4.89. The van der Waals surface area contributed by atoms with Gasteiger partial charge in [-0.1, -0.05) is 20.3 Å². The highest BCUT2D eigenvalue weighted by Crippen LogP contribution is 2.26. The minimum Gasteiger partial charge on any atom is -0.301 e. The standard InChI is InChI=1S/C12H25NSi/c1-4-12(5-2,14-6-3)13-10-8-7-9-11-13/h6H,3-5,7-11,14H2,1-2H3. The van der Waals surface area contributed by atoms with Crippen LogP contribution in [0.2, 0.25) is 0 Å². The van der Waals surface area contributed by atoms with Crippen molar-refractivity contribution in [1.29, 1.82) is 0 Å². The Morgan fingerprint density at radius 1 is 1.21 bits per heavy atom. The molecule has 0 aromatic heterocycles. The third kappa shape index (κ3) is 2.48. The van der Waals surface area contributed by atoms with Crippen molar-refractivity contribution in [2.75, 3.05) is 13.1 Å². The van der Waals surface area contributed by atoms with E-state index in [0.29, 0.717) is 5.16 Å². The summed E-state index contributed by atoms with van der Waals surface area (Å²) >= 11 is 0. The summed E-state index contributed by atoms with van der Waals surface area (Å²) in [5.41, 5.74) is 2.24. The van der Waals surface area contributed by atoms with Crippen LogP contribution in [0, 0.1) is 0 Å². The first-order valence-electron chi connectivity index (χ1n) is 6.15. The van der Waals surface area contributed by atoms with Gasteiger partial charge in [0.2, 0.25) is 0 Å². The lowest BCUT2D eigenvalue weighted by Crippen LogP contribution is -2.54. The molecule has 0 aliphatic carbocycles. The summed E-state index contributed by atoms with van der Waals surface area (Å²) in [7, 11) is -0.126. The van der Waals surface area contributed by atoms with E-state index in [2.05, 4.69) is 31.0 Å². The molecule has 1 aliphatic rings. The van der Waals surface area contributed by atoms with Crippen molar-refractivity contribution in [3.05, 3.63) is 12.3 Å². The molecule has 0 N–H and O–H groups in total. The van der Waals surface area contributed by atoms with E-state index < -0.39 is 0 Å². The van der Waals surface area contributed by atoms with E-state index in [-0.39, 0.29) is 9.52 Å². The van der Waals surface area contributed by atoms with Gasteiger partial charge in [-0.05, 0) is 38.8 Å². The summed E-state index contributed by atoms with van der Waals surface area (Å²) in [5.74, 6) is 0. The molecule has 1 saturated heterocycles. The number of likely N-dealkylation sites (tertiary alicyclic amines) is 1. The van der Waals surface area contributed by atoms with Crippen molar-refractivity contribution < 1.29 is 0 Å². The van der Waals surface area contributed by atoms with Gasteiger partial charge in [0, 0.05) is 5.16 Å². The van der Waals surface area contributed by atoms with Crippen LogP contribution >= 0.6 is 0 Å². The van der Waals surface area contributed by atoms with E-state index in [0.717, 1.165) is 0 Å². The van der Waals surface area contributed by atoms with Crippen molar-refractivity contribution in [1.82, 2.24) is 4.90 Å². The Bertz CT molecular complexity index is 169. The quantitative estimate of drug-likeness (QED) is 0.631. The largest absolute Gasteiger partial charge is 0.301 e. The SMILES string of the molecule is C=C[SiH2]C(CC)(CC)N1CCCCC1. The average Bonchev–Trinajstić information content (AvgIpc) is 2.27. The fourth-order valence-electron chi connectivity index (χ4n) is 2.75. The van der Waals surface area contributed by atoms with E-state index in [4.69, 9.17) is 0 Å². The van der Waals surface area contributed by atoms with Gasteiger partial charge in [0.15, 0.2) is 0 Å². The van der Waals surface area contributed by atoms with Gasteiger partial charge in [0.25, 0.3) is 0 Å². The summed E-state index contributed by atoms with van der Waals surface area (Å²) < 4.78 is 0. The van der Waals surface area contributed by atoms with Crippen LogP contribution in [0.3, 0.4) is 0 Å². The Morgan fingerprint density at radius 3 is 2.21 bits per heavy atom. The molecule has 0 aromatic rings. The molecule has 0 atom stereocenters. The average molecular weight is 211 g/mol. The van der Waals surface area contributed by atoms with Crippen LogP contribution in [0.25, 0.3) is 0 Å². The first kappa shape index (κ1) is 12.0. The highest BCUT2D eigenvalue weighted by atomic mass is 28.2. The Hall–Kier alpha value is -0.0831. The van der Waals surface area contributed by atoms with Gasteiger partial charge in [-0.25, -0.2) is 0 Å². The van der Waals surface area contributed by atoms with Crippen LogP contribution < -0.4 is 0 Å². The molecule has 1 heterocycles. The predicted octanol–water partition coefficient (Wildman–Crippen LogP) is 2.30. The van der Waals surface area contributed by atoms with Crippen LogP contribution in [0.4, 0.5) is 0 Å². The molecule has 1 fully saturated rings. The topological polar surface area (TPSA) is 3.24 Å². The lowest BCUT2D eigenvalue weighted by Gasteiger charge is -2.45. The van der Waals surface area contributed by atoms with Gasteiger partial charge in [0.1, 0.15) is 0 Å². The first-order chi connectivity index (χ1) is 6.79. The lowest BCUT2D eigenvalue weighted by atomic mass is 10.0. The van der Waals surface area contributed by atoms with Crippen LogP contribution in [-0.4, -0.2) is 32.7 Å². The number of rotatable bonds is 5. The highest BCUT2D eigenvalue weighted by molar-refractivity contribution is 6.46. The van der Waals surface area contributed by atoms with Crippen molar-refractivity contribution >= 4 is 9.52 Å². The Morgan fingerprint density at radius 2 is 1.79 bits per heavy atom. The van der Waals surface area contributed by atoms with E-state index in [1.54, 1.807) is 0 Å². The molecule has 82 valence electrons. The van der Waals surface area contributed by atoms with Crippen LogP contribution in [-0.2, 0) is 0 Å². The monoisotopic (exact) mass is 211 g/mol. The molecule has 1 nitrogen and oxygen atoms in total. The van der Waals surface area contributed by atoms with E-state index >= 15 is 0 Å². The molecule has 0 spiro atoms. The van der Waals surface area contributed by atoms with Gasteiger partial charge < -0.3 is 4.90 Å². The molecule has 1 rings (SSSR count). The summed E-state index contributed by atoms with van der Waals surface area (Å²) in [6.45, 7) is 11.4. The molecule has 0 aromatic carbocycles. The molecule has 0 radical (unpaired) electrons. The van der Waals surface area contributed by atoms with Crippen molar-refractivity contribution in [2.24, 2.45) is 0 Å². The van der Waals surface area contributed by atoms with Gasteiger partial charge >= 0.3 is 0 Å². The zero-order chi connectivity index (χ0) is 10.4. The van der Waals surface area contributed by atoms with E-state index in [1.807, 2.05) is 0 Å². The lowest BCUT2D eigenvalue weighted by molar-refractivity contribution is 0.121. The van der Waals surface area contributed by atoms with Crippen molar-refractivity contribution in [2.45, 2.75) is 51.1 Å². The maximum Gasteiger partial charge on any atom is 0.0681 e. The normalized spacial score (nSPS) is 20.4. The summed E-state index contributed by atoms with van der Waals surface area (Å²) in [4.78, 5) is 2.77. The smallest absolute Gasteiger partial charge is 0.0681 e. The van der Waals surface area contributed by atoms with Crippen molar-refractivity contribution in [3.63, 3.8) is 0 Å². The second kappa shape index (κ2) is 5.71. The van der Waals surface area contributed by atoms with Crippen molar-refractivity contribution in [3.8, 4) is 0 Å². The minimum atomic E-state index is -0.126. The fourth-order valence-corrected chi connectivity index (χ4v) is 4.44. The van der Waals surface area contributed by atoms with Gasteiger partial charge in [-0.2, -0.15) is 0 Å².